The van der Waals surface area contributed by atoms with Crippen molar-refractivity contribution >= 4 is 11.9 Å². The summed E-state index contributed by atoms with van der Waals surface area (Å²) in [6.45, 7) is 8.64. The lowest BCUT2D eigenvalue weighted by molar-refractivity contribution is -0.131. The van der Waals surface area contributed by atoms with E-state index >= 15 is 0 Å². The average Bonchev–Trinajstić information content (AvgIpc) is 2.91. The maximum absolute atomic E-state index is 12.4. The summed E-state index contributed by atoms with van der Waals surface area (Å²) in [4.78, 5) is 25.6. The number of furan rings is 1. The van der Waals surface area contributed by atoms with Gasteiger partial charge in [0.1, 0.15) is 5.76 Å². The SMILES string of the molecule is CC(C)(C)NCCN1C(=O)NC(C)(c2ccco2)C1=O. The first-order chi connectivity index (χ1) is 9.24. The number of hydrogen-bond donors (Lipinski definition) is 2. The van der Waals surface area contributed by atoms with Gasteiger partial charge in [-0.3, -0.25) is 9.69 Å². The van der Waals surface area contributed by atoms with Crippen LogP contribution in [0.5, 0.6) is 0 Å². The van der Waals surface area contributed by atoms with Crippen molar-refractivity contribution in [3.63, 3.8) is 0 Å². The largest absolute Gasteiger partial charge is 0.466 e. The lowest BCUT2D eigenvalue weighted by Crippen LogP contribution is -2.44. The van der Waals surface area contributed by atoms with Gasteiger partial charge < -0.3 is 15.1 Å². The summed E-state index contributed by atoms with van der Waals surface area (Å²) in [6.07, 6.45) is 1.49. The summed E-state index contributed by atoms with van der Waals surface area (Å²) >= 11 is 0. The van der Waals surface area contributed by atoms with Crippen LogP contribution in [-0.4, -0.2) is 35.5 Å². The number of carbonyl (C=O) groups is 2. The standard InChI is InChI=1S/C14H21N3O3/c1-13(2,3)15-7-8-17-11(18)14(4,16-12(17)19)10-6-5-9-20-10/h5-6,9,15H,7-8H2,1-4H3,(H,16,19). The monoisotopic (exact) mass is 279 g/mol. The van der Waals surface area contributed by atoms with Crippen molar-refractivity contribution in [3.8, 4) is 0 Å². The molecule has 6 nitrogen and oxygen atoms in total. The number of amides is 3. The van der Waals surface area contributed by atoms with E-state index in [1.807, 2.05) is 20.8 Å². The minimum absolute atomic E-state index is 0.0520. The fourth-order valence-electron chi connectivity index (χ4n) is 2.17. The molecular formula is C14H21N3O3. The van der Waals surface area contributed by atoms with Crippen LogP contribution in [-0.2, 0) is 10.3 Å². The fourth-order valence-corrected chi connectivity index (χ4v) is 2.17. The Morgan fingerprint density at radius 3 is 2.65 bits per heavy atom. The molecule has 2 rings (SSSR count). The zero-order valence-electron chi connectivity index (χ0n) is 12.3. The molecule has 1 fully saturated rings. The van der Waals surface area contributed by atoms with Gasteiger partial charge in [0.15, 0.2) is 5.54 Å². The van der Waals surface area contributed by atoms with Crippen LogP contribution in [0.25, 0.3) is 0 Å². The maximum atomic E-state index is 12.4. The molecule has 1 aromatic rings. The number of urea groups is 1. The van der Waals surface area contributed by atoms with Gasteiger partial charge in [-0.2, -0.15) is 0 Å². The lowest BCUT2D eigenvalue weighted by atomic mass is 9.99. The van der Waals surface area contributed by atoms with Crippen molar-refractivity contribution in [1.29, 1.82) is 0 Å². The molecule has 6 heteroatoms. The molecule has 1 aliphatic heterocycles. The van der Waals surface area contributed by atoms with Crippen molar-refractivity contribution in [3.05, 3.63) is 24.2 Å². The van der Waals surface area contributed by atoms with E-state index < -0.39 is 5.54 Å². The zero-order valence-corrected chi connectivity index (χ0v) is 12.3. The predicted molar refractivity (Wildman–Crippen MR) is 74.1 cm³/mol. The predicted octanol–water partition coefficient (Wildman–Crippen LogP) is 1.43. The second kappa shape index (κ2) is 4.94. The Balaban J connectivity index is 2.06. The van der Waals surface area contributed by atoms with E-state index in [-0.39, 0.29) is 17.5 Å². The molecule has 0 radical (unpaired) electrons. The van der Waals surface area contributed by atoms with Crippen LogP contribution < -0.4 is 10.6 Å². The van der Waals surface area contributed by atoms with Crippen LogP contribution in [0.3, 0.4) is 0 Å². The van der Waals surface area contributed by atoms with E-state index in [1.165, 1.54) is 11.2 Å². The van der Waals surface area contributed by atoms with Gasteiger partial charge in [0.2, 0.25) is 0 Å². The Bertz CT molecular complexity index is 504. The highest BCUT2D eigenvalue weighted by Crippen LogP contribution is 2.28. The maximum Gasteiger partial charge on any atom is 0.325 e. The average molecular weight is 279 g/mol. The third-order valence-corrected chi connectivity index (χ3v) is 3.28. The van der Waals surface area contributed by atoms with Crippen LogP contribution in [0.15, 0.2) is 22.8 Å². The summed E-state index contributed by atoms with van der Waals surface area (Å²) in [7, 11) is 0. The molecule has 1 aliphatic rings. The molecule has 1 unspecified atom stereocenters. The van der Waals surface area contributed by atoms with Gasteiger partial charge in [-0.1, -0.05) is 0 Å². The van der Waals surface area contributed by atoms with Crippen LogP contribution in [0, 0.1) is 0 Å². The molecule has 1 atom stereocenters. The Morgan fingerprint density at radius 1 is 1.40 bits per heavy atom. The molecule has 0 spiro atoms. The summed E-state index contributed by atoms with van der Waals surface area (Å²) in [5.41, 5.74) is -1.16. The van der Waals surface area contributed by atoms with Crippen molar-refractivity contribution < 1.29 is 14.0 Å². The smallest absolute Gasteiger partial charge is 0.325 e. The van der Waals surface area contributed by atoms with Gasteiger partial charge in [-0.15, -0.1) is 0 Å². The van der Waals surface area contributed by atoms with Crippen LogP contribution in [0.4, 0.5) is 4.79 Å². The van der Waals surface area contributed by atoms with Gasteiger partial charge in [0.05, 0.1) is 6.26 Å². The van der Waals surface area contributed by atoms with Gasteiger partial charge in [-0.05, 0) is 39.8 Å². The third kappa shape index (κ3) is 2.70. The first kappa shape index (κ1) is 14.6. The van der Waals surface area contributed by atoms with E-state index in [0.29, 0.717) is 18.8 Å². The number of nitrogens with zero attached hydrogens (tertiary/aromatic N) is 1. The fraction of sp³-hybridized carbons (Fsp3) is 0.571. The third-order valence-electron chi connectivity index (χ3n) is 3.28. The number of imide groups is 1. The molecule has 0 aromatic carbocycles. The Labute approximate surface area is 118 Å². The highest BCUT2D eigenvalue weighted by atomic mass is 16.3. The Kier molecular flexibility index (Phi) is 3.60. The van der Waals surface area contributed by atoms with E-state index in [2.05, 4.69) is 10.6 Å². The molecule has 0 saturated carbocycles. The van der Waals surface area contributed by atoms with Crippen molar-refractivity contribution in [2.24, 2.45) is 0 Å². The minimum atomic E-state index is -1.11. The molecule has 110 valence electrons. The van der Waals surface area contributed by atoms with Crippen molar-refractivity contribution in [1.82, 2.24) is 15.5 Å². The highest BCUT2D eigenvalue weighted by Gasteiger charge is 2.50. The van der Waals surface area contributed by atoms with Crippen LogP contribution >= 0.6 is 0 Å². The normalized spacial score (nSPS) is 23.3. The van der Waals surface area contributed by atoms with Gasteiger partial charge in [0, 0.05) is 18.6 Å². The first-order valence-corrected chi connectivity index (χ1v) is 6.67. The number of nitrogens with one attached hydrogen (secondary N) is 2. The second-order valence-electron chi connectivity index (χ2n) is 6.17. The first-order valence-electron chi connectivity index (χ1n) is 6.67. The van der Waals surface area contributed by atoms with Gasteiger partial charge >= 0.3 is 6.03 Å². The quantitative estimate of drug-likeness (QED) is 0.818. The number of carbonyl (C=O) groups excluding carboxylic acids is 2. The molecule has 3 amide bonds. The zero-order chi connectivity index (χ0) is 15.0. The minimum Gasteiger partial charge on any atom is -0.466 e. The molecule has 1 aromatic heterocycles. The van der Waals surface area contributed by atoms with Crippen molar-refractivity contribution in [2.45, 2.75) is 38.8 Å². The van der Waals surface area contributed by atoms with Gasteiger partial charge in [-0.25, -0.2) is 4.79 Å². The Hall–Kier alpha value is -1.82. The van der Waals surface area contributed by atoms with Crippen LogP contribution in [0.1, 0.15) is 33.5 Å². The van der Waals surface area contributed by atoms with E-state index in [4.69, 9.17) is 4.42 Å². The molecular weight excluding hydrogens is 258 g/mol. The van der Waals surface area contributed by atoms with Gasteiger partial charge in [0.25, 0.3) is 5.91 Å². The Morgan fingerprint density at radius 2 is 2.10 bits per heavy atom. The topological polar surface area (TPSA) is 74.6 Å². The molecule has 1 saturated heterocycles. The molecule has 0 aliphatic carbocycles. The molecule has 20 heavy (non-hydrogen) atoms. The van der Waals surface area contributed by atoms with E-state index in [9.17, 15) is 9.59 Å². The summed E-state index contributed by atoms with van der Waals surface area (Å²) in [6, 6.07) is 3.00. The summed E-state index contributed by atoms with van der Waals surface area (Å²) in [5, 5.41) is 5.95. The van der Waals surface area contributed by atoms with Crippen molar-refractivity contribution in [2.75, 3.05) is 13.1 Å². The second-order valence-corrected chi connectivity index (χ2v) is 6.17. The molecule has 2 N–H and O–H groups in total. The van der Waals surface area contributed by atoms with E-state index in [1.54, 1.807) is 19.1 Å². The summed E-state index contributed by atoms with van der Waals surface area (Å²) in [5.74, 6) is 0.162. The molecule has 0 bridgehead atoms. The number of hydrogen-bond acceptors (Lipinski definition) is 4. The number of rotatable bonds is 4. The van der Waals surface area contributed by atoms with E-state index in [0.717, 1.165) is 0 Å². The molecule has 2 heterocycles. The summed E-state index contributed by atoms with van der Waals surface area (Å²) < 4.78 is 5.27. The van der Waals surface area contributed by atoms with Crippen LogP contribution in [0.2, 0.25) is 0 Å². The highest BCUT2D eigenvalue weighted by molar-refractivity contribution is 6.06. The lowest BCUT2D eigenvalue weighted by Gasteiger charge is -2.23.